The Morgan fingerprint density at radius 2 is 2.29 bits per heavy atom. The minimum Gasteiger partial charge on any atom is -0.348 e. The molecule has 1 aliphatic rings. The van der Waals surface area contributed by atoms with E-state index < -0.39 is 0 Å². The third-order valence-electron chi connectivity index (χ3n) is 2.76. The van der Waals surface area contributed by atoms with Crippen LogP contribution in [0.3, 0.4) is 0 Å². The Balaban J connectivity index is 2.00. The maximum atomic E-state index is 5.93. The smallest absolute Gasteiger partial charge is 0.224 e. The standard InChI is InChI=1S/C11H12ClN5/c12-11-15-8-3-5-13-6-7(8)10(17-11)16-9-2-1-4-14-9/h1-2,4,13-14H,3,5-6H2,(H,15,16,17). The van der Waals surface area contributed by atoms with Crippen molar-refractivity contribution in [1.29, 1.82) is 0 Å². The number of rotatable bonds is 2. The lowest BCUT2D eigenvalue weighted by Gasteiger charge is -2.19. The molecule has 2 aromatic rings. The largest absolute Gasteiger partial charge is 0.348 e. The summed E-state index contributed by atoms with van der Waals surface area (Å²) in [5.41, 5.74) is 2.12. The van der Waals surface area contributed by atoms with Crippen molar-refractivity contribution in [3.05, 3.63) is 34.9 Å². The summed E-state index contributed by atoms with van der Waals surface area (Å²) in [5, 5.41) is 6.82. The number of aromatic nitrogens is 3. The molecule has 0 unspecified atom stereocenters. The second-order valence-corrected chi connectivity index (χ2v) is 4.24. The average molecular weight is 250 g/mol. The van der Waals surface area contributed by atoms with Crippen molar-refractivity contribution in [2.75, 3.05) is 11.9 Å². The Morgan fingerprint density at radius 1 is 1.35 bits per heavy atom. The van der Waals surface area contributed by atoms with Crippen molar-refractivity contribution in [3.63, 3.8) is 0 Å². The molecule has 0 saturated carbocycles. The molecule has 0 fully saturated rings. The zero-order chi connectivity index (χ0) is 11.7. The van der Waals surface area contributed by atoms with Gasteiger partial charge in [-0.15, -0.1) is 0 Å². The Labute approximate surface area is 104 Å². The van der Waals surface area contributed by atoms with Gasteiger partial charge in [0.1, 0.15) is 11.6 Å². The van der Waals surface area contributed by atoms with Gasteiger partial charge in [0.15, 0.2) is 0 Å². The van der Waals surface area contributed by atoms with E-state index in [0.29, 0.717) is 5.28 Å². The van der Waals surface area contributed by atoms with Crippen LogP contribution in [0.4, 0.5) is 11.6 Å². The highest BCUT2D eigenvalue weighted by Crippen LogP contribution is 2.24. The second kappa shape index (κ2) is 4.35. The normalized spacial score (nSPS) is 14.4. The van der Waals surface area contributed by atoms with Crippen LogP contribution in [0.2, 0.25) is 5.28 Å². The van der Waals surface area contributed by atoms with Crippen LogP contribution in [0.5, 0.6) is 0 Å². The van der Waals surface area contributed by atoms with Gasteiger partial charge in [-0.1, -0.05) is 0 Å². The topological polar surface area (TPSA) is 65.6 Å². The fraction of sp³-hybridized carbons (Fsp3) is 0.273. The molecule has 3 N–H and O–H groups in total. The van der Waals surface area contributed by atoms with E-state index in [0.717, 1.165) is 42.4 Å². The van der Waals surface area contributed by atoms with Crippen molar-refractivity contribution in [1.82, 2.24) is 20.3 Å². The van der Waals surface area contributed by atoms with Gasteiger partial charge in [0, 0.05) is 31.3 Å². The number of H-pyrrole nitrogens is 1. The molecular formula is C11H12ClN5. The van der Waals surface area contributed by atoms with Crippen LogP contribution in [0.15, 0.2) is 18.3 Å². The number of halogens is 1. The molecule has 0 aliphatic carbocycles. The number of anilines is 2. The van der Waals surface area contributed by atoms with E-state index in [-0.39, 0.29) is 0 Å². The van der Waals surface area contributed by atoms with Crippen molar-refractivity contribution in [3.8, 4) is 0 Å². The first-order valence-electron chi connectivity index (χ1n) is 5.49. The van der Waals surface area contributed by atoms with Gasteiger partial charge >= 0.3 is 0 Å². The predicted molar refractivity (Wildman–Crippen MR) is 66.5 cm³/mol. The lowest BCUT2D eigenvalue weighted by Crippen LogP contribution is -2.26. The molecule has 0 radical (unpaired) electrons. The van der Waals surface area contributed by atoms with E-state index in [4.69, 9.17) is 11.6 Å². The molecule has 88 valence electrons. The van der Waals surface area contributed by atoms with Crippen molar-refractivity contribution < 1.29 is 0 Å². The van der Waals surface area contributed by atoms with Crippen LogP contribution in [-0.2, 0) is 13.0 Å². The Bertz CT molecular complexity index is 523. The minimum atomic E-state index is 0.291. The summed E-state index contributed by atoms with van der Waals surface area (Å²) in [7, 11) is 0. The second-order valence-electron chi connectivity index (χ2n) is 3.90. The van der Waals surface area contributed by atoms with Crippen LogP contribution < -0.4 is 10.6 Å². The van der Waals surface area contributed by atoms with Gasteiger partial charge in [0.25, 0.3) is 0 Å². The molecule has 6 heteroatoms. The first-order valence-corrected chi connectivity index (χ1v) is 5.87. The predicted octanol–water partition coefficient (Wildman–Crippen LogP) is 1.85. The van der Waals surface area contributed by atoms with Crippen LogP contribution in [0.25, 0.3) is 0 Å². The van der Waals surface area contributed by atoms with Crippen LogP contribution in [0, 0.1) is 0 Å². The maximum absolute atomic E-state index is 5.93. The molecule has 2 aromatic heterocycles. The first-order chi connectivity index (χ1) is 8.33. The van der Waals surface area contributed by atoms with Gasteiger partial charge in [-0.05, 0) is 23.7 Å². The SMILES string of the molecule is Clc1nc2c(c(Nc3ccc[nH]3)n1)CNCC2. The summed E-state index contributed by atoms with van der Waals surface area (Å²) in [6.45, 7) is 1.71. The summed E-state index contributed by atoms with van der Waals surface area (Å²) in [4.78, 5) is 11.6. The molecule has 0 bridgehead atoms. The highest BCUT2D eigenvalue weighted by Gasteiger charge is 2.17. The van der Waals surface area contributed by atoms with Gasteiger partial charge in [0.2, 0.25) is 5.28 Å². The summed E-state index contributed by atoms with van der Waals surface area (Å²) in [6.07, 6.45) is 2.74. The summed E-state index contributed by atoms with van der Waals surface area (Å²) in [6, 6.07) is 3.87. The number of fused-ring (bicyclic) bond motifs is 1. The molecule has 0 amide bonds. The van der Waals surface area contributed by atoms with Crippen LogP contribution >= 0.6 is 11.6 Å². The first kappa shape index (κ1) is 10.6. The van der Waals surface area contributed by atoms with E-state index in [2.05, 4.69) is 25.6 Å². The van der Waals surface area contributed by atoms with E-state index in [1.807, 2.05) is 18.3 Å². The monoisotopic (exact) mass is 249 g/mol. The van der Waals surface area contributed by atoms with Crippen molar-refractivity contribution in [2.24, 2.45) is 0 Å². The number of aromatic amines is 1. The molecule has 3 heterocycles. The third kappa shape index (κ3) is 2.11. The molecule has 17 heavy (non-hydrogen) atoms. The summed E-state index contributed by atoms with van der Waals surface area (Å²) < 4.78 is 0. The molecule has 0 atom stereocenters. The highest BCUT2D eigenvalue weighted by atomic mass is 35.5. The Hall–Kier alpha value is -1.59. The van der Waals surface area contributed by atoms with Crippen LogP contribution in [0.1, 0.15) is 11.3 Å². The number of hydrogen-bond acceptors (Lipinski definition) is 4. The molecule has 5 nitrogen and oxygen atoms in total. The molecule has 0 spiro atoms. The zero-order valence-corrected chi connectivity index (χ0v) is 9.88. The van der Waals surface area contributed by atoms with Gasteiger partial charge in [0.05, 0.1) is 5.69 Å². The van der Waals surface area contributed by atoms with E-state index in [1.165, 1.54) is 0 Å². The van der Waals surface area contributed by atoms with E-state index in [1.54, 1.807) is 0 Å². The van der Waals surface area contributed by atoms with Gasteiger partial charge in [-0.25, -0.2) is 9.97 Å². The number of nitrogens with zero attached hydrogens (tertiary/aromatic N) is 2. The molecule has 0 aromatic carbocycles. The lowest BCUT2D eigenvalue weighted by atomic mass is 10.1. The van der Waals surface area contributed by atoms with E-state index in [9.17, 15) is 0 Å². The Kier molecular flexibility index (Phi) is 2.70. The number of hydrogen-bond donors (Lipinski definition) is 3. The fourth-order valence-electron chi connectivity index (χ4n) is 1.95. The zero-order valence-electron chi connectivity index (χ0n) is 9.13. The number of nitrogens with one attached hydrogen (secondary N) is 3. The third-order valence-corrected chi connectivity index (χ3v) is 2.93. The maximum Gasteiger partial charge on any atom is 0.224 e. The minimum absolute atomic E-state index is 0.291. The molecule has 0 saturated heterocycles. The van der Waals surface area contributed by atoms with Gasteiger partial charge in [-0.3, -0.25) is 0 Å². The molecule has 1 aliphatic heterocycles. The fourth-order valence-corrected chi connectivity index (χ4v) is 2.14. The van der Waals surface area contributed by atoms with Crippen LogP contribution in [-0.4, -0.2) is 21.5 Å². The van der Waals surface area contributed by atoms with Gasteiger partial charge < -0.3 is 15.6 Å². The highest BCUT2D eigenvalue weighted by molar-refractivity contribution is 6.28. The van der Waals surface area contributed by atoms with Crippen molar-refractivity contribution >= 4 is 23.2 Å². The Morgan fingerprint density at radius 3 is 3.12 bits per heavy atom. The quantitative estimate of drug-likeness (QED) is 0.711. The summed E-state index contributed by atoms with van der Waals surface area (Å²) >= 11 is 5.93. The molecular weight excluding hydrogens is 238 g/mol. The average Bonchev–Trinajstić information content (AvgIpc) is 2.81. The van der Waals surface area contributed by atoms with E-state index >= 15 is 0 Å². The lowest BCUT2D eigenvalue weighted by molar-refractivity contribution is 0.628. The molecule has 3 rings (SSSR count). The summed E-state index contributed by atoms with van der Waals surface area (Å²) in [5.74, 6) is 1.67. The van der Waals surface area contributed by atoms with Crippen molar-refractivity contribution in [2.45, 2.75) is 13.0 Å². The van der Waals surface area contributed by atoms with Gasteiger partial charge in [-0.2, -0.15) is 0 Å².